The highest BCUT2D eigenvalue weighted by molar-refractivity contribution is 6.28. The minimum Gasteiger partial charge on any atom is -0.473 e. The molecule has 0 bridgehead atoms. The van der Waals surface area contributed by atoms with Gasteiger partial charge in [-0.1, -0.05) is 32.1 Å². The molecule has 1 saturated heterocycles. The molecule has 2 saturated carbocycles. The molecule has 166 valence electrons. The molecule has 3 aliphatic rings. The molecular weight excluding hydrogens is 392 g/mol. The van der Waals surface area contributed by atoms with Crippen molar-refractivity contribution >= 4 is 17.9 Å². The fourth-order valence-electron chi connectivity index (χ4n) is 5.83. The minimum absolute atomic E-state index is 0.00588. The first-order chi connectivity index (χ1) is 14.0. The van der Waals surface area contributed by atoms with E-state index in [-0.39, 0.29) is 36.0 Å². The van der Waals surface area contributed by atoms with E-state index in [4.69, 9.17) is 14.6 Å². The molecule has 0 aromatic rings. The topological polar surface area (TPSA) is 130 Å². The van der Waals surface area contributed by atoms with Crippen LogP contribution in [0.25, 0.3) is 0 Å². The second-order valence-corrected chi connectivity index (χ2v) is 9.26. The van der Waals surface area contributed by atoms with Gasteiger partial charge in [-0.15, -0.1) is 0 Å². The van der Waals surface area contributed by atoms with E-state index in [0.717, 1.165) is 24.8 Å². The Bertz CT molecular complexity index is 786. The van der Waals surface area contributed by atoms with E-state index in [2.05, 4.69) is 13.5 Å². The number of aliphatic carboxylic acids is 1. The van der Waals surface area contributed by atoms with Gasteiger partial charge >= 0.3 is 17.9 Å². The highest BCUT2D eigenvalue weighted by atomic mass is 16.6. The van der Waals surface area contributed by atoms with Crippen molar-refractivity contribution in [3.05, 3.63) is 23.8 Å². The number of aliphatic hydroxyl groups excluding tert-OH is 2. The van der Waals surface area contributed by atoms with Crippen LogP contribution in [0.3, 0.4) is 0 Å². The number of ether oxygens (including phenoxy) is 2. The summed E-state index contributed by atoms with van der Waals surface area (Å²) in [4.78, 5) is 34.2. The summed E-state index contributed by atoms with van der Waals surface area (Å²) in [5, 5.41) is 29.6. The van der Waals surface area contributed by atoms with E-state index < -0.39 is 35.5 Å². The van der Waals surface area contributed by atoms with Gasteiger partial charge in [-0.05, 0) is 49.4 Å². The summed E-state index contributed by atoms with van der Waals surface area (Å²) < 4.78 is 9.90. The molecule has 0 aromatic heterocycles. The summed E-state index contributed by atoms with van der Waals surface area (Å²) in [7, 11) is 0. The van der Waals surface area contributed by atoms with Crippen LogP contribution in [0, 0.1) is 22.7 Å². The van der Waals surface area contributed by atoms with Gasteiger partial charge in [0.25, 0.3) is 0 Å². The Morgan fingerprint density at radius 3 is 2.60 bits per heavy atom. The van der Waals surface area contributed by atoms with Crippen molar-refractivity contribution in [2.75, 3.05) is 13.2 Å². The number of cyclic esters (lactones) is 1. The van der Waals surface area contributed by atoms with E-state index in [0.29, 0.717) is 12.8 Å². The zero-order valence-electron chi connectivity index (χ0n) is 17.4. The van der Waals surface area contributed by atoms with Crippen LogP contribution in [0.4, 0.5) is 0 Å². The zero-order valence-corrected chi connectivity index (χ0v) is 17.4. The molecule has 3 N–H and O–H groups in total. The first-order valence-corrected chi connectivity index (χ1v) is 10.3. The third-order valence-corrected chi connectivity index (χ3v) is 7.58. The van der Waals surface area contributed by atoms with Crippen LogP contribution in [0.1, 0.15) is 46.0 Å². The quantitative estimate of drug-likeness (QED) is 0.270. The molecule has 0 radical (unpaired) electrons. The van der Waals surface area contributed by atoms with E-state index in [9.17, 15) is 24.6 Å². The molecule has 2 aliphatic carbocycles. The lowest BCUT2D eigenvalue weighted by Crippen LogP contribution is -2.57. The molecule has 0 spiro atoms. The third-order valence-electron chi connectivity index (χ3n) is 7.58. The predicted octanol–water partition coefficient (Wildman–Crippen LogP) is 1.60. The van der Waals surface area contributed by atoms with Crippen LogP contribution in [0.5, 0.6) is 0 Å². The molecule has 8 heteroatoms. The van der Waals surface area contributed by atoms with Crippen molar-refractivity contribution in [1.82, 2.24) is 0 Å². The molecule has 1 aliphatic heterocycles. The zero-order chi connectivity index (χ0) is 22.3. The smallest absolute Gasteiger partial charge is 0.417 e. The average Bonchev–Trinajstić information content (AvgIpc) is 3.00. The number of fused-ring (bicyclic) bond motifs is 1. The number of esters is 2. The maximum absolute atomic E-state index is 11.8. The van der Waals surface area contributed by atoms with Gasteiger partial charge in [0, 0.05) is 5.41 Å². The number of carbonyl (C=O) groups excluding carboxylic acids is 2. The maximum atomic E-state index is 11.8. The molecule has 8 nitrogen and oxygen atoms in total. The number of carboxylic acids is 1. The summed E-state index contributed by atoms with van der Waals surface area (Å²) in [6.07, 6.45) is 3.26. The molecule has 0 amide bonds. The number of aliphatic hydroxyl groups is 2. The Morgan fingerprint density at radius 1 is 1.30 bits per heavy atom. The lowest BCUT2D eigenvalue weighted by molar-refractivity contribution is -0.181. The Morgan fingerprint density at radius 2 is 2.00 bits per heavy atom. The molecule has 30 heavy (non-hydrogen) atoms. The normalized spacial score (nSPS) is 40.1. The standard InChI is InChI=1S/C22H30O8/c1-12-4-7-16-21(2,14(12)6-5-13-15(23)10-29-19(13)27)9-8-17(24)22(16,3)11-30-20(28)18(25)26/h5,14-17,23-24H,1,4,6-11H2,2-3H3,(H,25,26)/b13-5+/t14-,15+,16+,17+,21+,22-/m0/s1. The maximum Gasteiger partial charge on any atom is 0.417 e. The van der Waals surface area contributed by atoms with Crippen LogP contribution in [-0.2, 0) is 23.9 Å². The second-order valence-electron chi connectivity index (χ2n) is 9.26. The molecule has 3 rings (SSSR count). The number of hydrogen-bond donors (Lipinski definition) is 3. The average molecular weight is 422 g/mol. The number of allylic oxidation sites excluding steroid dienone is 2. The van der Waals surface area contributed by atoms with Crippen LogP contribution in [0.15, 0.2) is 23.8 Å². The van der Waals surface area contributed by atoms with Crippen molar-refractivity contribution < 1.29 is 39.2 Å². The Labute approximate surface area is 175 Å². The minimum atomic E-state index is -1.66. The number of hydrogen-bond acceptors (Lipinski definition) is 7. The highest BCUT2D eigenvalue weighted by Crippen LogP contribution is 2.61. The van der Waals surface area contributed by atoms with Crippen molar-refractivity contribution in [3.8, 4) is 0 Å². The fraction of sp³-hybridized carbons (Fsp3) is 0.682. The van der Waals surface area contributed by atoms with Gasteiger partial charge in [0.2, 0.25) is 0 Å². The molecule has 6 atom stereocenters. The number of rotatable bonds is 4. The Hall–Kier alpha value is -2.19. The van der Waals surface area contributed by atoms with Crippen molar-refractivity contribution in [3.63, 3.8) is 0 Å². The summed E-state index contributed by atoms with van der Waals surface area (Å²) in [5.74, 6) is -3.52. The summed E-state index contributed by atoms with van der Waals surface area (Å²) in [6.45, 7) is 8.00. The Balaban J connectivity index is 1.86. The van der Waals surface area contributed by atoms with E-state index >= 15 is 0 Å². The van der Waals surface area contributed by atoms with Crippen LogP contribution in [0.2, 0.25) is 0 Å². The largest absolute Gasteiger partial charge is 0.473 e. The molecular formula is C22H30O8. The van der Waals surface area contributed by atoms with Gasteiger partial charge in [0.05, 0.1) is 18.3 Å². The SMILES string of the molecule is C=C1CC[C@H]2[C@](C)(COC(=O)C(=O)O)[C@H](O)CC[C@]2(C)[C@H]1C/C=C1/C(=O)OC[C@H]1O. The number of carboxylic acid groups (broad SMARTS) is 1. The fourth-order valence-corrected chi connectivity index (χ4v) is 5.83. The lowest BCUT2D eigenvalue weighted by Gasteiger charge is -2.60. The van der Waals surface area contributed by atoms with Gasteiger partial charge in [-0.3, -0.25) is 0 Å². The number of carbonyl (C=O) groups is 3. The van der Waals surface area contributed by atoms with Gasteiger partial charge in [-0.25, -0.2) is 14.4 Å². The van der Waals surface area contributed by atoms with Crippen molar-refractivity contribution in [2.24, 2.45) is 22.7 Å². The van der Waals surface area contributed by atoms with Crippen LogP contribution < -0.4 is 0 Å². The molecule has 3 fully saturated rings. The summed E-state index contributed by atoms with van der Waals surface area (Å²) in [6, 6.07) is 0. The van der Waals surface area contributed by atoms with Crippen molar-refractivity contribution in [2.45, 2.75) is 58.2 Å². The summed E-state index contributed by atoms with van der Waals surface area (Å²) in [5.41, 5.74) is 0.231. The summed E-state index contributed by atoms with van der Waals surface area (Å²) >= 11 is 0. The van der Waals surface area contributed by atoms with E-state index in [1.54, 1.807) is 6.08 Å². The molecule has 0 aromatic carbocycles. The van der Waals surface area contributed by atoms with E-state index in [1.807, 2.05) is 6.92 Å². The van der Waals surface area contributed by atoms with Crippen molar-refractivity contribution in [1.29, 1.82) is 0 Å². The lowest BCUT2D eigenvalue weighted by atomic mass is 9.46. The Kier molecular flexibility index (Phi) is 6.11. The van der Waals surface area contributed by atoms with Gasteiger partial charge in [-0.2, -0.15) is 0 Å². The van der Waals surface area contributed by atoms with Gasteiger partial charge < -0.3 is 24.8 Å². The molecule has 1 heterocycles. The third kappa shape index (κ3) is 3.78. The van der Waals surface area contributed by atoms with Gasteiger partial charge in [0.1, 0.15) is 12.7 Å². The first-order valence-electron chi connectivity index (χ1n) is 10.3. The first kappa shape index (κ1) is 22.5. The van der Waals surface area contributed by atoms with E-state index in [1.165, 1.54) is 0 Å². The second kappa shape index (κ2) is 8.15. The molecule has 0 unspecified atom stereocenters. The predicted molar refractivity (Wildman–Crippen MR) is 105 cm³/mol. The van der Waals surface area contributed by atoms with Crippen LogP contribution in [-0.4, -0.2) is 58.6 Å². The van der Waals surface area contributed by atoms with Gasteiger partial charge in [0.15, 0.2) is 0 Å². The highest BCUT2D eigenvalue weighted by Gasteiger charge is 2.58. The van der Waals surface area contributed by atoms with Crippen LogP contribution >= 0.6 is 0 Å². The monoisotopic (exact) mass is 422 g/mol.